The normalized spacial score (nSPS) is 12.7. The van der Waals surface area contributed by atoms with Gasteiger partial charge in [0, 0.05) is 11.4 Å². The minimum absolute atomic E-state index is 0.165. The van der Waals surface area contributed by atoms with Gasteiger partial charge in [0.1, 0.15) is 23.4 Å². The number of carbonyl (C=O) groups excluding carboxylic acids is 1. The van der Waals surface area contributed by atoms with Crippen molar-refractivity contribution in [3.63, 3.8) is 0 Å². The van der Waals surface area contributed by atoms with Gasteiger partial charge < -0.3 is 10.1 Å². The number of ether oxygens (including phenoxy) is 1. The lowest BCUT2D eigenvalue weighted by atomic mass is 9.96. The molecule has 0 bridgehead atoms. The van der Waals surface area contributed by atoms with E-state index in [1.165, 1.54) is 33.5 Å². The van der Waals surface area contributed by atoms with Crippen LogP contribution in [0.3, 0.4) is 0 Å². The van der Waals surface area contributed by atoms with Crippen LogP contribution in [-0.4, -0.2) is 26.4 Å². The van der Waals surface area contributed by atoms with Crippen molar-refractivity contribution >= 4 is 34.0 Å². The van der Waals surface area contributed by atoms with Crippen LogP contribution in [-0.2, 0) is 30.8 Å². The van der Waals surface area contributed by atoms with Crippen LogP contribution in [0.1, 0.15) is 60.0 Å². The third kappa shape index (κ3) is 5.95. The van der Waals surface area contributed by atoms with E-state index >= 15 is 0 Å². The van der Waals surface area contributed by atoms with Crippen LogP contribution in [0.2, 0.25) is 0 Å². The Morgan fingerprint density at radius 2 is 2.09 bits per heavy atom. The quantitative estimate of drug-likeness (QED) is 0.279. The standard InChI is InChI=1S/C26H29N5O2S2/c1-4-13-31-23(15-33-19-11-9-18(10-12-19)17(2)3)29-30-26(31)34-16-24(32)28-25-21(14-27)20-7-5-6-8-22(20)35-25/h4,9-12,17H,1,5-8,13,15-16H2,2-3H3,(H,28,32). The molecule has 4 rings (SSSR count). The first-order chi connectivity index (χ1) is 17.0. The zero-order chi connectivity index (χ0) is 24.8. The van der Waals surface area contributed by atoms with Crippen LogP contribution in [0.5, 0.6) is 5.75 Å². The molecule has 9 heteroatoms. The molecule has 2 heterocycles. The molecule has 0 aliphatic heterocycles. The van der Waals surface area contributed by atoms with Crippen LogP contribution >= 0.6 is 23.1 Å². The third-order valence-corrected chi connectivity index (χ3v) is 8.06. The van der Waals surface area contributed by atoms with Crippen LogP contribution < -0.4 is 10.1 Å². The summed E-state index contributed by atoms with van der Waals surface area (Å²) in [5.74, 6) is 1.90. The number of thioether (sulfide) groups is 1. The molecule has 0 atom stereocenters. The Bertz CT molecular complexity index is 1240. The van der Waals surface area contributed by atoms with E-state index in [1.807, 2.05) is 16.7 Å². The fourth-order valence-electron chi connectivity index (χ4n) is 4.01. The molecule has 1 aliphatic rings. The molecular weight excluding hydrogens is 478 g/mol. The Labute approximate surface area is 214 Å². The number of aromatic nitrogens is 3. The Kier molecular flexibility index (Phi) is 8.26. The highest BCUT2D eigenvalue weighted by Gasteiger charge is 2.22. The van der Waals surface area contributed by atoms with E-state index in [0.717, 1.165) is 37.0 Å². The SMILES string of the molecule is C=CCn1c(COc2ccc(C(C)C)cc2)nnc1SCC(=O)Nc1sc2c(c1C#N)CCCC2. The summed E-state index contributed by atoms with van der Waals surface area (Å²) in [5.41, 5.74) is 2.99. The molecule has 3 aromatic rings. The number of hydrogen-bond acceptors (Lipinski definition) is 7. The molecule has 1 N–H and O–H groups in total. The summed E-state index contributed by atoms with van der Waals surface area (Å²) in [4.78, 5) is 13.9. The fraction of sp³-hybridized carbons (Fsp3) is 0.385. The van der Waals surface area contributed by atoms with E-state index in [1.54, 1.807) is 6.08 Å². The predicted octanol–water partition coefficient (Wildman–Crippen LogP) is 5.71. The summed E-state index contributed by atoms with van der Waals surface area (Å²) in [6.07, 6.45) is 5.89. The average Bonchev–Trinajstić information content (AvgIpc) is 3.41. The summed E-state index contributed by atoms with van der Waals surface area (Å²) in [6, 6.07) is 10.3. The van der Waals surface area contributed by atoms with E-state index in [-0.39, 0.29) is 18.3 Å². The highest BCUT2D eigenvalue weighted by Crippen LogP contribution is 2.37. The minimum atomic E-state index is -0.165. The van der Waals surface area contributed by atoms with Gasteiger partial charge in [-0.2, -0.15) is 5.26 Å². The second kappa shape index (κ2) is 11.6. The number of allylic oxidation sites excluding steroid dienone is 1. The van der Waals surface area contributed by atoms with Gasteiger partial charge in [0.05, 0.1) is 11.3 Å². The van der Waals surface area contributed by atoms with Crippen LogP contribution in [0.4, 0.5) is 5.00 Å². The first kappa shape index (κ1) is 25.0. The topological polar surface area (TPSA) is 92.8 Å². The summed E-state index contributed by atoms with van der Waals surface area (Å²) in [5, 5.41) is 22.4. The van der Waals surface area contributed by atoms with Crippen molar-refractivity contribution in [3.8, 4) is 11.8 Å². The molecular formula is C26H29N5O2S2. The van der Waals surface area contributed by atoms with E-state index in [4.69, 9.17) is 4.74 Å². The number of aryl methyl sites for hydroxylation is 1. The number of anilines is 1. The molecule has 182 valence electrons. The first-order valence-electron chi connectivity index (χ1n) is 11.7. The van der Waals surface area contributed by atoms with Gasteiger partial charge in [0.2, 0.25) is 5.91 Å². The second-order valence-corrected chi connectivity index (χ2v) is 10.7. The van der Waals surface area contributed by atoms with E-state index in [2.05, 4.69) is 54.1 Å². The zero-order valence-electron chi connectivity index (χ0n) is 20.0. The Hall–Kier alpha value is -3.09. The molecule has 0 spiro atoms. The van der Waals surface area contributed by atoms with Crippen LogP contribution in [0, 0.1) is 11.3 Å². The van der Waals surface area contributed by atoms with E-state index < -0.39 is 0 Å². The van der Waals surface area contributed by atoms with Crippen molar-refractivity contribution in [1.82, 2.24) is 14.8 Å². The molecule has 0 unspecified atom stereocenters. The monoisotopic (exact) mass is 507 g/mol. The zero-order valence-corrected chi connectivity index (χ0v) is 21.7. The van der Waals surface area contributed by atoms with Gasteiger partial charge in [-0.3, -0.25) is 9.36 Å². The molecule has 1 aromatic carbocycles. The number of carbonyl (C=O) groups is 1. The van der Waals surface area contributed by atoms with Crippen LogP contribution in [0.25, 0.3) is 0 Å². The molecule has 0 saturated heterocycles. The molecule has 1 amide bonds. The summed E-state index contributed by atoms with van der Waals surface area (Å²) >= 11 is 2.84. The van der Waals surface area contributed by atoms with Crippen molar-refractivity contribution in [1.29, 1.82) is 5.26 Å². The van der Waals surface area contributed by atoms with Gasteiger partial charge in [0.15, 0.2) is 11.0 Å². The maximum absolute atomic E-state index is 12.7. The molecule has 2 aromatic heterocycles. The van der Waals surface area contributed by atoms with Crippen molar-refractivity contribution in [2.75, 3.05) is 11.1 Å². The number of thiophene rings is 1. The summed E-state index contributed by atoms with van der Waals surface area (Å²) < 4.78 is 7.82. The van der Waals surface area contributed by atoms with E-state index in [9.17, 15) is 10.1 Å². The number of nitriles is 1. The van der Waals surface area contributed by atoms with Gasteiger partial charge in [-0.25, -0.2) is 0 Å². The van der Waals surface area contributed by atoms with Crippen molar-refractivity contribution in [2.24, 2.45) is 0 Å². The van der Waals surface area contributed by atoms with Gasteiger partial charge >= 0.3 is 0 Å². The second-order valence-electron chi connectivity index (χ2n) is 8.67. The lowest BCUT2D eigenvalue weighted by molar-refractivity contribution is -0.113. The Balaban J connectivity index is 1.38. The first-order valence-corrected chi connectivity index (χ1v) is 13.5. The molecule has 0 fully saturated rings. The fourth-order valence-corrected chi connectivity index (χ4v) is 6.03. The van der Waals surface area contributed by atoms with Gasteiger partial charge in [-0.15, -0.1) is 28.1 Å². The number of benzene rings is 1. The molecule has 35 heavy (non-hydrogen) atoms. The average molecular weight is 508 g/mol. The number of rotatable bonds is 10. The molecule has 0 radical (unpaired) electrons. The molecule has 1 aliphatic carbocycles. The maximum atomic E-state index is 12.7. The Morgan fingerprint density at radius 3 is 2.80 bits per heavy atom. The number of nitrogens with zero attached hydrogens (tertiary/aromatic N) is 4. The lowest BCUT2D eigenvalue weighted by Gasteiger charge is -2.10. The van der Waals surface area contributed by atoms with Gasteiger partial charge in [-0.1, -0.05) is 43.8 Å². The Morgan fingerprint density at radius 1 is 1.31 bits per heavy atom. The molecule has 0 saturated carbocycles. The number of amides is 1. The number of hydrogen-bond donors (Lipinski definition) is 1. The minimum Gasteiger partial charge on any atom is -0.486 e. The maximum Gasteiger partial charge on any atom is 0.235 e. The third-order valence-electron chi connectivity index (χ3n) is 5.89. The largest absolute Gasteiger partial charge is 0.486 e. The van der Waals surface area contributed by atoms with Gasteiger partial charge in [-0.05, 0) is 54.9 Å². The van der Waals surface area contributed by atoms with Crippen LogP contribution in [0.15, 0.2) is 42.1 Å². The smallest absolute Gasteiger partial charge is 0.235 e. The summed E-state index contributed by atoms with van der Waals surface area (Å²) in [6.45, 7) is 8.92. The van der Waals surface area contributed by atoms with Gasteiger partial charge in [0.25, 0.3) is 0 Å². The highest BCUT2D eigenvalue weighted by atomic mass is 32.2. The van der Waals surface area contributed by atoms with E-state index in [0.29, 0.717) is 34.0 Å². The number of nitrogens with one attached hydrogen (secondary N) is 1. The molecule has 7 nitrogen and oxygen atoms in total. The number of fused-ring (bicyclic) bond motifs is 1. The van der Waals surface area contributed by atoms with Crippen molar-refractivity contribution in [3.05, 3.63) is 64.3 Å². The highest BCUT2D eigenvalue weighted by molar-refractivity contribution is 7.99. The lowest BCUT2D eigenvalue weighted by Crippen LogP contribution is -2.15. The predicted molar refractivity (Wildman–Crippen MR) is 140 cm³/mol. The van der Waals surface area contributed by atoms with Crippen molar-refractivity contribution < 1.29 is 9.53 Å². The summed E-state index contributed by atoms with van der Waals surface area (Å²) in [7, 11) is 0. The van der Waals surface area contributed by atoms with Crippen molar-refractivity contribution in [2.45, 2.75) is 63.8 Å².